The molecule has 0 bridgehead atoms. The molecule has 0 aliphatic heterocycles. The number of nitrogens with zero attached hydrogens (tertiary/aromatic N) is 2. The molecule has 3 rings (SSSR count). The van der Waals surface area contributed by atoms with Crippen LogP contribution in [0.15, 0.2) is 48.9 Å². The lowest BCUT2D eigenvalue weighted by atomic mass is 9.98. The van der Waals surface area contributed by atoms with E-state index in [-0.39, 0.29) is 0 Å². The van der Waals surface area contributed by atoms with Crippen molar-refractivity contribution in [3.05, 3.63) is 54.5 Å². The number of rotatable bonds is 5. The van der Waals surface area contributed by atoms with Gasteiger partial charge in [-0.2, -0.15) is 0 Å². The molecule has 0 saturated carbocycles. The normalized spacial score (nSPS) is 12.9. The van der Waals surface area contributed by atoms with Crippen LogP contribution in [-0.4, -0.2) is 29.9 Å². The summed E-state index contributed by atoms with van der Waals surface area (Å²) >= 11 is 2.96. The summed E-state index contributed by atoms with van der Waals surface area (Å²) in [7, 11) is -3.10. The second-order valence-corrected chi connectivity index (χ2v) is 8.84. The van der Waals surface area contributed by atoms with Crippen LogP contribution in [0.4, 0.5) is 0 Å². The molecular formula is C18H17BrN2O3S. The van der Waals surface area contributed by atoms with Crippen LogP contribution in [0, 0.1) is 0 Å². The molecule has 0 fully saturated rings. The molecule has 0 radical (unpaired) electrons. The zero-order chi connectivity index (χ0) is 18.0. The largest absolute Gasteiger partial charge is 0.416 e. The Bertz CT molecular complexity index is 1020. The minimum Gasteiger partial charge on any atom is -0.416 e. The monoisotopic (exact) mass is 420 g/mol. The fourth-order valence-corrected chi connectivity index (χ4v) is 3.36. The van der Waals surface area contributed by atoms with Crippen molar-refractivity contribution in [2.45, 2.75) is 18.6 Å². The Morgan fingerprint density at radius 3 is 2.76 bits per heavy atom. The molecule has 0 spiro atoms. The number of hydrogen-bond acceptors (Lipinski definition) is 5. The molecule has 1 atom stereocenters. The lowest BCUT2D eigenvalue weighted by Crippen LogP contribution is -2.18. The maximum Gasteiger partial charge on any atom is 0.179 e. The quantitative estimate of drug-likeness (QED) is 0.624. The van der Waals surface area contributed by atoms with Crippen molar-refractivity contribution in [3.8, 4) is 16.9 Å². The molecule has 1 unspecified atom stereocenters. The van der Waals surface area contributed by atoms with Gasteiger partial charge in [0, 0.05) is 35.2 Å². The topological polar surface area (TPSA) is 69.2 Å². The van der Waals surface area contributed by atoms with Gasteiger partial charge in [-0.1, -0.05) is 6.07 Å². The number of hydrogen-bond donors (Lipinski definition) is 0. The fraction of sp³-hybridized carbons (Fsp3) is 0.222. The van der Waals surface area contributed by atoms with E-state index in [1.54, 1.807) is 25.5 Å². The Hall–Kier alpha value is -1.99. The Morgan fingerprint density at radius 2 is 2.04 bits per heavy atom. The maximum atomic E-state index is 11.8. The summed E-state index contributed by atoms with van der Waals surface area (Å²) < 4.78 is 28.7. The molecule has 7 heteroatoms. The predicted molar refractivity (Wildman–Crippen MR) is 103 cm³/mol. The molecule has 0 amide bonds. The fourth-order valence-electron chi connectivity index (χ4n) is 2.68. The Kier molecular flexibility index (Phi) is 5.06. The van der Waals surface area contributed by atoms with E-state index < -0.39 is 15.1 Å². The van der Waals surface area contributed by atoms with E-state index in [0.717, 1.165) is 27.6 Å². The van der Waals surface area contributed by atoms with Crippen LogP contribution in [0.5, 0.6) is 5.75 Å². The molecule has 1 aromatic carbocycles. The third kappa shape index (κ3) is 3.99. The van der Waals surface area contributed by atoms with Crippen molar-refractivity contribution < 1.29 is 12.2 Å². The van der Waals surface area contributed by atoms with Crippen LogP contribution < -0.4 is 3.83 Å². The van der Waals surface area contributed by atoms with E-state index in [4.69, 9.17) is 3.83 Å². The first-order valence-corrected chi connectivity index (χ1v) is 10.3. The summed E-state index contributed by atoms with van der Waals surface area (Å²) in [6.07, 6.45) is 6.79. The van der Waals surface area contributed by atoms with Crippen LogP contribution in [0.2, 0.25) is 0 Å². The van der Waals surface area contributed by atoms with Gasteiger partial charge >= 0.3 is 0 Å². The highest BCUT2D eigenvalue weighted by Gasteiger charge is 2.17. The molecule has 130 valence electrons. The molecule has 0 N–H and O–H groups in total. The molecule has 0 saturated heterocycles. The second kappa shape index (κ2) is 7.09. The summed E-state index contributed by atoms with van der Waals surface area (Å²) in [4.78, 5) is 8.67. The van der Waals surface area contributed by atoms with Crippen molar-refractivity contribution in [2.75, 3.05) is 6.26 Å². The van der Waals surface area contributed by atoms with Gasteiger partial charge in [-0.05, 0) is 43.2 Å². The van der Waals surface area contributed by atoms with Crippen molar-refractivity contribution >= 4 is 37.0 Å². The van der Waals surface area contributed by atoms with E-state index in [9.17, 15) is 8.42 Å². The number of sulfone groups is 1. The molecule has 25 heavy (non-hydrogen) atoms. The Balaban J connectivity index is 2.16. The Labute approximate surface area is 155 Å². The summed E-state index contributed by atoms with van der Waals surface area (Å²) in [6.45, 7) is 1.73. The average molecular weight is 421 g/mol. The Morgan fingerprint density at radius 1 is 1.24 bits per heavy atom. The number of benzene rings is 1. The van der Waals surface area contributed by atoms with E-state index in [2.05, 4.69) is 26.2 Å². The first-order chi connectivity index (χ1) is 11.9. The molecule has 2 aromatic heterocycles. The van der Waals surface area contributed by atoms with Gasteiger partial charge in [0.25, 0.3) is 0 Å². The first kappa shape index (κ1) is 17.8. The van der Waals surface area contributed by atoms with Crippen molar-refractivity contribution in [1.82, 2.24) is 9.97 Å². The van der Waals surface area contributed by atoms with E-state index in [1.807, 2.05) is 30.3 Å². The molecule has 0 aliphatic rings. The minimum atomic E-state index is -3.10. The van der Waals surface area contributed by atoms with E-state index >= 15 is 0 Å². The zero-order valence-corrected chi connectivity index (χ0v) is 16.2. The zero-order valence-electron chi connectivity index (χ0n) is 13.8. The number of aromatic nitrogens is 2. The molecule has 2 heterocycles. The van der Waals surface area contributed by atoms with Crippen LogP contribution in [0.1, 0.15) is 12.5 Å². The highest BCUT2D eigenvalue weighted by molar-refractivity contribution is 9.06. The summed E-state index contributed by atoms with van der Waals surface area (Å²) in [5.74, 6) is 0.580. The van der Waals surface area contributed by atoms with Crippen LogP contribution in [-0.2, 0) is 16.3 Å². The highest BCUT2D eigenvalue weighted by Crippen LogP contribution is 2.31. The number of pyridine rings is 2. The van der Waals surface area contributed by atoms with Gasteiger partial charge in [0.2, 0.25) is 0 Å². The third-order valence-electron chi connectivity index (χ3n) is 4.13. The lowest BCUT2D eigenvalue weighted by Gasteiger charge is -2.13. The predicted octanol–water partition coefficient (Wildman–Crippen LogP) is 3.96. The van der Waals surface area contributed by atoms with Crippen molar-refractivity contribution in [1.29, 1.82) is 0 Å². The minimum absolute atomic E-state index is 0.443. The van der Waals surface area contributed by atoms with Gasteiger partial charge in [0.05, 0.1) is 17.0 Å². The van der Waals surface area contributed by atoms with Crippen molar-refractivity contribution in [3.63, 3.8) is 0 Å². The van der Waals surface area contributed by atoms with Crippen LogP contribution >= 0.6 is 16.3 Å². The van der Waals surface area contributed by atoms with E-state index in [0.29, 0.717) is 12.2 Å². The van der Waals surface area contributed by atoms with Gasteiger partial charge in [0.1, 0.15) is 9.84 Å². The summed E-state index contributed by atoms with van der Waals surface area (Å²) in [5.41, 5.74) is 3.53. The SMILES string of the molecule is CC(Cc1cc(-c2cncc(OBr)c2)c2ncccc2c1)S(C)(=O)=O. The highest BCUT2D eigenvalue weighted by atomic mass is 79.9. The smallest absolute Gasteiger partial charge is 0.179 e. The van der Waals surface area contributed by atoms with Crippen LogP contribution in [0.3, 0.4) is 0 Å². The third-order valence-corrected chi connectivity index (χ3v) is 6.13. The lowest BCUT2D eigenvalue weighted by molar-refractivity contribution is 0.588. The van der Waals surface area contributed by atoms with Gasteiger partial charge in [0.15, 0.2) is 22.0 Å². The molecular weight excluding hydrogens is 404 g/mol. The maximum absolute atomic E-state index is 11.8. The van der Waals surface area contributed by atoms with Crippen LogP contribution in [0.25, 0.3) is 22.0 Å². The summed E-state index contributed by atoms with van der Waals surface area (Å²) in [6, 6.07) is 9.66. The van der Waals surface area contributed by atoms with Crippen molar-refractivity contribution in [2.24, 2.45) is 0 Å². The van der Waals surface area contributed by atoms with E-state index in [1.165, 1.54) is 6.26 Å². The average Bonchev–Trinajstić information content (AvgIpc) is 2.60. The van der Waals surface area contributed by atoms with Gasteiger partial charge in [-0.15, -0.1) is 0 Å². The first-order valence-electron chi connectivity index (χ1n) is 7.69. The molecule has 5 nitrogen and oxygen atoms in total. The standard InChI is InChI=1S/C18H17BrN2O3S/c1-12(25(2,22)23)6-13-7-14-4-3-5-21-18(14)17(8-13)15-9-16(24-19)11-20-10-15/h3-5,7-12H,6H2,1-2H3. The van der Waals surface area contributed by atoms with Gasteiger partial charge < -0.3 is 3.83 Å². The molecule has 3 aromatic rings. The second-order valence-electron chi connectivity index (χ2n) is 6.05. The number of halogens is 1. The van der Waals surface area contributed by atoms with Gasteiger partial charge in [-0.25, -0.2) is 8.42 Å². The molecule has 0 aliphatic carbocycles. The summed E-state index contributed by atoms with van der Waals surface area (Å²) in [5, 5.41) is 0.505. The number of fused-ring (bicyclic) bond motifs is 1. The van der Waals surface area contributed by atoms with Gasteiger partial charge in [-0.3, -0.25) is 9.97 Å².